The quantitative estimate of drug-likeness (QED) is 0.813. The van der Waals surface area contributed by atoms with Crippen molar-refractivity contribution < 1.29 is 9.18 Å². The highest BCUT2D eigenvalue weighted by Gasteiger charge is 2.33. The Labute approximate surface area is 132 Å². The third-order valence-corrected chi connectivity index (χ3v) is 5.76. The molecular formula is C16H17ClFNOS. The molecule has 0 atom stereocenters. The summed E-state index contributed by atoms with van der Waals surface area (Å²) in [5.41, 5.74) is -0.279. The fourth-order valence-electron chi connectivity index (χ4n) is 2.94. The summed E-state index contributed by atoms with van der Waals surface area (Å²) >= 11 is 7.43. The second-order valence-corrected chi connectivity index (χ2v) is 7.07. The SMILES string of the molecule is O=C(NC1(CCl)CCCCC1)c1cc2ccc(F)cc2s1. The van der Waals surface area contributed by atoms with E-state index in [1.54, 1.807) is 6.07 Å². The standard InChI is InChI=1S/C16H17ClFNOS/c17-10-16(6-2-1-3-7-16)19-15(20)14-8-11-4-5-12(18)9-13(11)21-14/h4-5,8-9H,1-3,6-7,10H2,(H,19,20). The minimum atomic E-state index is -0.279. The van der Waals surface area contributed by atoms with E-state index in [4.69, 9.17) is 11.6 Å². The second kappa shape index (κ2) is 5.93. The number of hydrogen-bond donors (Lipinski definition) is 1. The molecule has 1 aliphatic rings. The number of nitrogens with one attached hydrogen (secondary N) is 1. The number of alkyl halides is 1. The monoisotopic (exact) mass is 325 g/mol. The van der Waals surface area contributed by atoms with Crippen LogP contribution in [0.5, 0.6) is 0 Å². The van der Waals surface area contributed by atoms with Crippen LogP contribution in [0.2, 0.25) is 0 Å². The van der Waals surface area contributed by atoms with Crippen LogP contribution in [0.4, 0.5) is 4.39 Å². The van der Waals surface area contributed by atoms with E-state index in [-0.39, 0.29) is 17.3 Å². The van der Waals surface area contributed by atoms with Gasteiger partial charge in [-0.25, -0.2) is 4.39 Å². The van der Waals surface area contributed by atoms with E-state index in [0.717, 1.165) is 35.8 Å². The van der Waals surface area contributed by atoms with Gasteiger partial charge in [0.25, 0.3) is 5.91 Å². The number of amides is 1. The zero-order valence-electron chi connectivity index (χ0n) is 11.6. The molecular weight excluding hydrogens is 309 g/mol. The lowest BCUT2D eigenvalue weighted by atomic mass is 9.83. The second-order valence-electron chi connectivity index (χ2n) is 5.72. The highest BCUT2D eigenvalue weighted by molar-refractivity contribution is 7.20. The van der Waals surface area contributed by atoms with Crippen molar-refractivity contribution in [1.29, 1.82) is 0 Å². The summed E-state index contributed by atoms with van der Waals surface area (Å²) in [6, 6.07) is 6.40. The molecule has 3 rings (SSSR count). The van der Waals surface area contributed by atoms with Gasteiger partial charge in [0, 0.05) is 10.6 Å². The lowest BCUT2D eigenvalue weighted by Gasteiger charge is -2.36. The van der Waals surface area contributed by atoms with Crippen LogP contribution < -0.4 is 5.32 Å². The van der Waals surface area contributed by atoms with E-state index >= 15 is 0 Å². The molecule has 1 aliphatic carbocycles. The number of halogens is 2. The fraction of sp³-hybridized carbons (Fsp3) is 0.438. The summed E-state index contributed by atoms with van der Waals surface area (Å²) in [5.74, 6) is 0.0677. The fourth-order valence-corrected chi connectivity index (χ4v) is 4.26. The van der Waals surface area contributed by atoms with Crippen LogP contribution in [0.15, 0.2) is 24.3 Å². The zero-order chi connectivity index (χ0) is 14.9. The first-order valence-electron chi connectivity index (χ1n) is 7.19. The molecule has 1 heterocycles. The summed E-state index contributed by atoms with van der Waals surface area (Å²) in [6.07, 6.45) is 5.27. The molecule has 0 radical (unpaired) electrons. The highest BCUT2D eigenvalue weighted by atomic mass is 35.5. The van der Waals surface area contributed by atoms with Gasteiger partial charge in [-0.2, -0.15) is 0 Å². The predicted octanol–water partition coefficient (Wildman–Crippen LogP) is 4.71. The molecule has 0 spiro atoms. The molecule has 1 amide bonds. The Bertz CT molecular complexity index is 663. The first-order chi connectivity index (χ1) is 10.1. The minimum Gasteiger partial charge on any atom is -0.345 e. The van der Waals surface area contributed by atoms with Gasteiger partial charge in [0.05, 0.1) is 10.4 Å². The van der Waals surface area contributed by atoms with Crippen molar-refractivity contribution in [3.63, 3.8) is 0 Å². The molecule has 0 saturated heterocycles. The summed E-state index contributed by atoms with van der Waals surface area (Å²) < 4.78 is 14.0. The van der Waals surface area contributed by atoms with E-state index < -0.39 is 0 Å². The molecule has 5 heteroatoms. The predicted molar refractivity (Wildman–Crippen MR) is 85.8 cm³/mol. The van der Waals surface area contributed by atoms with E-state index in [1.165, 1.54) is 29.9 Å². The maximum atomic E-state index is 13.2. The van der Waals surface area contributed by atoms with Gasteiger partial charge >= 0.3 is 0 Å². The van der Waals surface area contributed by atoms with Crippen molar-refractivity contribution in [2.75, 3.05) is 5.88 Å². The van der Waals surface area contributed by atoms with Gasteiger partial charge in [-0.15, -0.1) is 22.9 Å². The molecule has 1 N–H and O–H groups in total. The largest absolute Gasteiger partial charge is 0.345 e. The summed E-state index contributed by atoms with van der Waals surface area (Å²) in [4.78, 5) is 13.1. The van der Waals surface area contributed by atoms with Crippen LogP contribution in [0.25, 0.3) is 10.1 Å². The van der Waals surface area contributed by atoms with Crippen LogP contribution in [0.1, 0.15) is 41.8 Å². The molecule has 1 saturated carbocycles. The van der Waals surface area contributed by atoms with Gasteiger partial charge in [-0.1, -0.05) is 25.3 Å². The summed E-state index contributed by atoms with van der Waals surface area (Å²) in [5, 5.41) is 4.02. The van der Waals surface area contributed by atoms with Crippen molar-refractivity contribution in [3.05, 3.63) is 35.0 Å². The Morgan fingerprint density at radius 2 is 2.05 bits per heavy atom. The Hall–Kier alpha value is -1.13. The third-order valence-electron chi connectivity index (χ3n) is 4.15. The lowest BCUT2D eigenvalue weighted by Crippen LogP contribution is -2.51. The Kier molecular flexibility index (Phi) is 4.18. The highest BCUT2D eigenvalue weighted by Crippen LogP contribution is 2.31. The number of hydrogen-bond acceptors (Lipinski definition) is 2. The summed E-state index contributed by atoms with van der Waals surface area (Å²) in [7, 11) is 0. The van der Waals surface area contributed by atoms with E-state index in [2.05, 4.69) is 5.32 Å². The molecule has 0 bridgehead atoms. The molecule has 0 aliphatic heterocycles. The van der Waals surface area contributed by atoms with Crippen molar-refractivity contribution in [3.8, 4) is 0 Å². The van der Waals surface area contributed by atoms with Gasteiger partial charge in [0.2, 0.25) is 0 Å². The molecule has 21 heavy (non-hydrogen) atoms. The van der Waals surface area contributed by atoms with Crippen LogP contribution in [-0.4, -0.2) is 17.3 Å². The minimum absolute atomic E-state index is 0.0980. The number of carbonyl (C=O) groups excluding carboxylic acids is 1. The van der Waals surface area contributed by atoms with E-state index in [1.807, 2.05) is 6.07 Å². The van der Waals surface area contributed by atoms with Crippen LogP contribution in [0, 0.1) is 5.82 Å². The van der Waals surface area contributed by atoms with Gasteiger partial charge in [0.15, 0.2) is 0 Å². The number of thiophene rings is 1. The molecule has 2 nitrogen and oxygen atoms in total. The van der Waals surface area contributed by atoms with Crippen LogP contribution in [-0.2, 0) is 0 Å². The molecule has 0 unspecified atom stereocenters. The average Bonchev–Trinajstić information content (AvgIpc) is 2.91. The van der Waals surface area contributed by atoms with Crippen molar-refractivity contribution >= 4 is 38.9 Å². The number of carbonyl (C=O) groups is 1. The van der Waals surface area contributed by atoms with Crippen molar-refractivity contribution in [2.45, 2.75) is 37.6 Å². The van der Waals surface area contributed by atoms with Crippen molar-refractivity contribution in [1.82, 2.24) is 5.32 Å². The molecule has 1 aromatic carbocycles. The summed E-state index contributed by atoms with van der Waals surface area (Å²) in [6.45, 7) is 0. The van der Waals surface area contributed by atoms with Crippen LogP contribution in [0.3, 0.4) is 0 Å². The normalized spacial score (nSPS) is 17.8. The van der Waals surface area contributed by atoms with E-state index in [9.17, 15) is 9.18 Å². The van der Waals surface area contributed by atoms with Crippen molar-refractivity contribution in [2.24, 2.45) is 0 Å². The third kappa shape index (κ3) is 3.06. The topological polar surface area (TPSA) is 29.1 Å². The number of rotatable bonds is 3. The molecule has 1 fully saturated rings. The smallest absolute Gasteiger partial charge is 0.261 e. The maximum Gasteiger partial charge on any atom is 0.261 e. The van der Waals surface area contributed by atoms with Gasteiger partial charge in [0.1, 0.15) is 5.82 Å². The number of benzene rings is 1. The Balaban J connectivity index is 1.82. The average molecular weight is 326 g/mol. The van der Waals surface area contributed by atoms with Gasteiger partial charge in [-0.3, -0.25) is 4.79 Å². The molecule has 112 valence electrons. The Morgan fingerprint density at radius 1 is 1.29 bits per heavy atom. The van der Waals surface area contributed by atoms with Gasteiger partial charge in [-0.05, 0) is 36.4 Å². The Morgan fingerprint density at radius 3 is 2.76 bits per heavy atom. The zero-order valence-corrected chi connectivity index (χ0v) is 13.2. The number of fused-ring (bicyclic) bond motifs is 1. The molecule has 2 aromatic rings. The maximum absolute atomic E-state index is 13.2. The lowest BCUT2D eigenvalue weighted by molar-refractivity contribution is 0.0889. The first-order valence-corrected chi connectivity index (χ1v) is 8.55. The van der Waals surface area contributed by atoms with Gasteiger partial charge < -0.3 is 5.32 Å². The first kappa shape index (κ1) is 14.8. The van der Waals surface area contributed by atoms with Crippen LogP contribution >= 0.6 is 22.9 Å². The van der Waals surface area contributed by atoms with E-state index in [0.29, 0.717) is 10.8 Å². The molecule has 1 aromatic heterocycles.